The molecular formula is C16H18Cl2FN5OS. The number of hydrogen-bond donors (Lipinski definition) is 1. The first-order valence-electron chi connectivity index (χ1n) is 7.23. The average molecular weight is 418 g/mol. The van der Waals surface area contributed by atoms with Gasteiger partial charge >= 0.3 is 0 Å². The Morgan fingerprint density at radius 3 is 2.54 bits per heavy atom. The number of ether oxygens (including phenoxy) is 1. The van der Waals surface area contributed by atoms with Gasteiger partial charge in [0, 0.05) is 23.7 Å². The second-order valence-corrected chi connectivity index (χ2v) is 5.83. The Morgan fingerprint density at radius 2 is 1.88 bits per heavy atom. The number of benzene rings is 1. The van der Waals surface area contributed by atoms with Crippen molar-refractivity contribution in [2.75, 3.05) is 7.11 Å². The summed E-state index contributed by atoms with van der Waals surface area (Å²) in [6.07, 6.45) is 1.70. The van der Waals surface area contributed by atoms with Crippen molar-refractivity contribution < 1.29 is 9.13 Å². The zero-order valence-electron chi connectivity index (χ0n) is 13.8. The first-order chi connectivity index (χ1) is 11.7. The summed E-state index contributed by atoms with van der Waals surface area (Å²) in [7, 11) is 1.62. The van der Waals surface area contributed by atoms with Crippen LogP contribution in [0.25, 0.3) is 5.69 Å². The van der Waals surface area contributed by atoms with E-state index in [1.807, 2.05) is 10.6 Å². The Bertz CT molecular complexity index is 832. The molecule has 0 radical (unpaired) electrons. The maximum atomic E-state index is 13.2. The molecular weight excluding hydrogens is 400 g/mol. The zero-order valence-corrected chi connectivity index (χ0v) is 16.3. The van der Waals surface area contributed by atoms with E-state index in [0.29, 0.717) is 16.7 Å². The van der Waals surface area contributed by atoms with Crippen molar-refractivity contribution in [1.82, 2.24) is 19.7 Å². The third-order valence-electron chi connectivity index (χ3n) is 3.34. The maximum Gasteiger partial charge on any atom is 0.196 e. The molecule has 0 aliphatic carbocycles. The van der Waals surface area contributed by atoms with Gasteiger partial charge in [0.2, 0.25) is 0 Å². The molecule has 0 bridgehead atoms. The second-order valence-electron chi connectivity index (χ2n) is 4.89. The highest BCUT2D eigenvalue weighted by molar-refractivity contribution is 7.98. The normalized spacial score (nSPS) is 9.96. The summed E-state index contributed by atoms with van der Waals surface area (Å²) in [6.45, 7) is 0.238. The highest BCUT2D eigenvalue weighted by atomic mass is 35.5. The van der Waals surface area contributed by atoms with E-state index in [1.54, 1.807) is 31.5 Å². The minimum absolute atomic E-state index is 0. The van der Waals surface area contributed by atoms with Gasteiger partial charge in [-0.1, -0.05) is 11.8 Å². The van der Waals surface area contributed by atoms with Crippen LogP contribution in [0.4, 0.5) is 4.39 Å². The Labute approximate surface area is 167 Å². The summed E-state index contributed by atoms with van der Waals surface area (Å²) in [5.74, 6) is 1.67. The number of hydrogen-bond acceptors (Lipinski definition) is 6. The summed E-state index contributed by atoms with van der Waals surface area (Å²) in [5, 5.41) is 8.97. The molecule has 26 heavy (non-hydrogen) atoms. The summed E-state index contributed by atoms with van der Waals surface area (Å²) in [5.41, 5.74) is 7.37. The van der Waals surface area contributed by atoms with Crippen LogP contribution < -0.4 is 10.5 Å². The monoisotopic (exact) mass is 417 g/mol. The molecule has 6 nitrogen and oxygen atoms in total. The summed E-state index contributed by atoms with van der Waals surface area (Å²) in [4.78, 5) is 4.31. The molecule has 10 heteroatoms. The quantitative estimate of drug-likeness (QED) is 0.619. The van der Waals surface area contributed by atoms with Crippen molar-refractivity contribution in [2.24, 2.45) is 5.73 Å². The molecule has 0 saturated heterocycles. The van der Waals surface area contributed by atoms with Gasteiger partial charge in [0.25, 0.3) is 0 Å². The van der Waals surface area contributed by atoms with Crippen LogP contribution in [-0.4, -0.2) is 26.9 Å². The highest BCUT2D eigenvalue weighted by Gasteiger charge is 2.14. The maximum absolute atomic E-state index is 13.2. The van der Waals surface area contributed by atoms with Crippen molar-refractivity contribution in [3.05, 3.63) is 59.9 Å². The van der Waals surface area contributed by atoms with E-state index in [9.17, 15) is 4.39 Å². The van der Waals surface area contributed by atoms with Crippen LogP contribution in [0.1, 0.15) is 11.5 Å². The Morgan fingerprint density at radius 1 is 1.15 bits per heavy atom. The predicted molar refractivity (Wildman–Crippen MR) is 104 cm³/mol. The molecule has 0 spiro atoms. The number of pyridine rings is 1. The molecule has 3 aromatic rings. The van der Waals surface area contributed by atoms with Crippen LogP contribution in [0.3, 0.4) is 0 Å². The lowest BCUT2D eigenvalue weighted by molar-refractivity contribution is 0.413. The van der Waals surface area contributed by atoms with Crippen LogP contribution in [0.2, 0.25) is 0 Å². The Hall–Kier alpha value is -1.87. The molecule has 2 heterocycles. The molecule has 0 fully saturated rings. The minimum Gasteiger partial charge on any atom is -0.497 e. The van der Waals surface area contributed by atoms with Crippen LogP contribution in [0, 0.1) is 5.82 Å². The average Bonchev–Trinajstić information content (AvgIpc) is 3.04. The van der Waals surface area contributed by atoms with Crippen molar-refractivity contribution in [2.45, 2.75) is 17.5 Å². The van der Waals surface area contributed by atoms with E-state index in [2.05, 4.69) is 15.2 Å². The SMILES string of the molecule is COc1ccnc(CSc2nnc(CN)n2-c2ccc(F)cc2)c1.Cl.Cl. The van der Waals surface area contributed by atoms with Crippen LogP contribution in [0.15, 0.2) is 47.8 Å². The molecule has 0 amide bonds. The van der Waals surface area contributed by atoms with Gasteiger partial charge in [0.15, 0.2) is 11.0 Å². The van der Waals surface area contributed by atoms with Gasteiger partial charge in [-0.3, -0.25) is 9.55 Å². The number of aromatic nitrogens is 4. The van der Waals surface area contributed by atoms with Crippen molar-refractivity contribution >= 4 is 36.6 Å². The molecule has 2 aromatic heterocycles. The fourth-order valence-corrected chi connectivity index (χ4v) is 3.05. The van der Waals surface area contributed by atoms with Gasteiger partial charge in [0.1, 0.15) is 11.6 Å². The third kappa shape index (κ3) is 5.07. The number of nitrogens with zero attached hydrogens (tertiary/aromatic N) is 4. The summed E-state index contributed by atoms with van der Waals surface area (Å²) < 4.78 is 20.2. The van der Waals surface area contributed by atoms with Gasteiger partial charge in [0.05, 0.1) is 19.3 Å². The van der Waals surface area contributed by atoms with Gasteiger partial charge in [-0.15, -0.1) is 35.0 Å². The number of rotatable bonds is 6. The smallest absolute Gasteiger partial charge is 0.196 e. The van der Waals surface area contributed by atoms with E-state index in [1.165, 1.54) is 23.9 Å². The fourth-order valence-electron chi connectivity index (χ4n) is 2.18. The molecule has 0 saturated carbocycles. The molecule has 0 aliphatic rings. The summed E-state index contributed by atoms with van der Waals surface area (Å²) >= 11 is 1.48. The number of methoxy groups -OCH3 is 1. The van der Waals surface area contributed by atoms with Crippen LogP contribution in [-0.2, 0) is 12.3 Å². The molecule has 0 unspecified atom stereocenters. The lowest BCUT2D eigenvalue weighted by Crippen LogP contribution is -2.07. The number of halogens is 3. The Balaban J connectivity index is 0.00000169. The molecule has 3 rings (SSSR count). The van der Waals surface area contributed by atoms with Gasteiger partial charge in [-0.25, -0.2) is 4.39 Å². The third-order valence-corrected chi connectivity index (χ3v) is 4.30. The van der Waals surface area contributed by atoms with E-state index in [-0.39, 0.29) is 37.2 Å². The minimum atomic E-state index is -0.295. The topological polar surface area (TPSA) is 78.8 Å². The first-order valence-corrected chi connectivity index (χ1v) is 8.22. The lowest BCUT2D eigenvalue weighted by Gasteiger charge is -2.09. The largest absolute Gasteiger partial charge is 0.497 e. The van der Waals surface area contributed by atoms with E-state index < -0.39 is 0 Å². The van der Waals surface area contributed by atoms with E-state index >= 15 is 0 Å². The fraction of sp³-hybridized carbons (Fsp3) is 0.188. The molecule has 2 N–H and O–H groups in total. The van der Waals surface area contributed by atoms with Crippen LogP contribution >= 0.6 is 36.6 Å². The second kappa shape index (κ2) is 10.3. The molecule has 140 valence electrons. The van der Waals surface area contributed by atoms with Crippen molar-refractivity contribution in [3.8, 4) is 11.4 Å². The lowest BCUT2D eigenvalue weighted by atomic mass is 10.3. The van der Waals surface area contributed by atoms with Gasteiger partial charge in [-0.05, 0) is 30.3 Å². The predicted octanol–water partition coefficient (Wildman–Crippen LogP) is 3.40. The zero-order chi connectivity index (χ0) is 16.9. The van der Waals surface area contributed by atoms with Crippen molar-refractivity contribution in [3.63, 3.8) is 0 Å². The first kappa shape index (κ1) is 22.2. The van der Waals surface area contributed by atoms with Crippen molar-refractivity contribution in [1.29, 1.82) is 0 Å². The van der Waals surface area contributed by atoms with E-state index in [0.717, 1.165) is 17.1 Å². The van der Waals surface area contributed by atoms with Crippen LogP contribution in [0.5, 0.6) is 5.75 Å². The van der Waals surface area contributed by atoms with Gasteiger partial charge in [-0.2, -0.15) is 0 Å². The standard InChI is InChI=1S/C16H16FN5OS.2ClH/c1-23-14-6-7-19-12(8-14)10-24-16-21-20-15(9-18)22(16)13-4-2-11(17)3-5-13;;/h2-8H,9-10,18H2,1H3;2*1H. The molecule has 1 aromatic carbocycles. The van der Waals surface area contributed by atoms with Gasteiger partial charge < -0.3 is 10.5 Å². The van der Waals surface area contributed by atoms with E-state index in [4.69, 9.17) is 10.5 Å². The molecule has 0 aliphatic heterocycles. The summed E-state index contributed by atoms with van der Waals surface area (Å²) in [6, 6.07) is 9.80. The highest BCUT2D eigenvalue weighted by Crippen LogP contribution is 2.25. The number of nitrogens with two attached hydrogens (primary N) is 1. The Kier molecular flexibility index (Phi) is 8.80. The molecule has 0 atom stereocenters. The number of thioether (sulfide) groups is 1.